The van der Waals surface area contributed by atoms with Crippen LogP contribution >= 0.6 is 11.6 Å². The molecule has 0 aliphatic rings. The molecule has 0 spiro atoms. The number of hydrogen-bond acceptors (Lipinski definition) is 3. The smallest absolute Gasteiger partial charge is 0.417 e. The highest BCUT2D eigenvalue weighted by Gasteiger charge is 2.35. The Bertz CT molecular complexity index is 882. The van der Waals surface area contributed by atoms with Crippen LogP contribution in [0.25, 0.3) is 10.4 Å². The monoisotopic (exact) mass is 388 g/mol. The maximum absolute atomic E-state index is 13.8. The summed E-state index contributed by atoms with van der Waals surface area (Å²) in [6.07, 6.45) is -3.17. The van der Waals surface area contributed by atoms with Crippen LogP contribution in [-0.4, -0.2) is 22.1 Å². The minimum atomic E-state index is -4.73. The maximum atomic E-state index is 13.8. The van der Waals surface area contributed by atoms with Gasteiger partial charge in [0.2, 0.25) is 0 Å². The lowest BCUT2D eigenvalue weighted by Gasteiger charge is -2.22. The van der Waals surface area contributed by atoms with Gasteiger partial charge in [-0.3, -0.25) is 9.78 Å². The summed E-state index contributed by atoms with van der Waals surface area (Å²) in [6.45, 7) is 0. The fourth-order valence-electron chi connectivity index (χ4n) is 2.36. The largest absolute Gasteiger partial charge is 0.481 e. The molecular weight excluding hydrogens is 380 g/mol. The number of rotatable bonds is 5. The molecular formula is C15H9ClF4N4O2. The van der Waals surface area contributed by atoms with E-state index in [2.05, 4.69) is 15.0 Å². The van der Waals surface area contributed by atoms with E-state index in [1.165, 1.54) is 6.07 Å². The molecule has 136 valence electrons. The van der Waals surface area contributed by atoms with Crippen molar-refractivity contribution >= 4 is 17.6 Å². The number of aliphatic carboxylic acids is 1. The van der Waals surface area contributed by atoms with Crippen molar-refractivity contribution in [3.8, 4) is 0 Å². The predicted molar refractivity (Wildman–Crippen MR) is 83.1 cm³/mol. The van der Waals surface area contributed by atoms with Crippen LogP contribution in [0.2, 0.25) is 5.02 Å². The molecule has 0 radical (unpaired) electrons. The fraction of sp³-hybridized carbons (Fsp3) is 0.200. The molecule has 1 aromatic carbocycles. The Morgan fingerprint density at radius 3 is 2.50 bits per heavy atom. The highest BCUT2D eigenvalue weighted by Crippen LogP contribution is 2.35. The Kier molecular flexibility index (Phi) is 5.69. The molecule has 6 nitrogen and oxygen atoms in total. The minimum Gasteiger partial charge on any atom is -0.481 e. The topological polar surface area (TPSA) is 99.0 Å². The average Bonchev–Trinajstić information content (AvgIpc) is 2.57. The molecule has 1 N–H and O–H groups in total. The SMILES string of the molecule is [N-]=[N+]=N[C@H](C(=O)O)[C@H](c1cncc(C(F)(F)F)c1)c1ccc(Cl)c(F)c1. The van der Waals surface area contributed by atoms with Crippen molar-refractivity contribution in [2.75, 3.05) is 0 Å². The standard InChI is InChI=1S/C15H9ClF4N4O2/c16-10-2-1-7(4-11(10)17)12(13(14(25)26)23-24-21)8-3-9(6-22-5-8)15(18,19)20/h1-6,12-13H,(H,25,26)/t12-,13-/m0/s1. The van der Waals surface area contributed by atoms with Gasteiger partial charge in [-0.15, -0.1) is 0 Å². The van der Waals surface area contributed by atoms with Crippen molar-refractivity contribution in [1.29, 1.82) is 0 Å². The van der Waals surface area contributed by atoms with Gasteiger partial charge in [0.25, 0.3) is 0 Å². The molecule has 0 unspecified atom stereocenters. The van der Waals surface area contributed by atoms with Crippen LogP contribution in [0.1, 0.15) is 22.6 Å². The molecule has 0 saturated heterocycles. The second-order valence-corrected chi connectivity index (χ2v) is 5.55. The van der Waals surface area contributed by atoms with Gasteiger partial charge in [0.1, 0.15) is 11.9 Å². The van der Waals surface area contributed by atoms with E-state index in [4.69, 9.17) is 17.1 Å². The molecule has 0 aliphatic heterocycles. The van der Waals surface area contributed by atoms with Crippen LogP contribution < -0.4 is 0 Å². The second kappa shape index (κ2) is 7.59. The third-order valence-electron chi connectivity index (χ3n) is 3.49. The van der Waals surface area contributed by atoms with Crippen LogP contribution in [0.15, 0.2) is 41.8 Å². The Morgan fingerprint density at radius 1 is 1.27 bits per heavy atom. The first-order chi connectivity index (χ1) is 12.1. The molecule has 0 aliphatic carbocycles. The molecule has 0 amide bonds. The van der Waals surface area contributed by atoms with Crippen molar-refractivity contribution in [3.63, 3.8) is 0 Å². The van der Waals surface area contributed by atoms with Gasteiger partial charge >= 0.3 is 12.1 Å². The van der Waals surface area contributed by atoms with Gasteiger partial charge in [-0.1, -0.05) is 22.8 Å². The number of pyridine rings is 1. The van der Waals surface area contributed by atoms with Crippen molar-refractivity contribution in [1.82, 2.24) is 4.98 Å². The number of nitrogens with zero attached hydrogens (tertiary/aromatic N) is 4. The number of carboxylic acid groups (broad SMARTS) is 1. The highest BCUT2D eigenvalue weighted by atomic mass is 35.5. The van der Waals surface area contributed by atoms with E-state index in [-0.39, 0.29) is 16.1 Å². The van der Waals surface area contributed by atoms with Gasteiger partial charge in [0, 0.05) is 23.2 Å². The first kappa shape index (κ1) is 19.5. The first-order valence-electron chi connectivity index (χ1n) is 6.89. The molecule has 1 aromatic heterocycles. The molecule has 11 heteroatoms. The van der Waals surface area contributed by atoms with E-state index in [0.29, 0.717) is 12.3 Å². The van der Waals surface area contributed by atoms with Crippen LogP contribution in [0.5, 0.6) is 0 Å². The molecule has 2 rings (SSSR count). The van der Waals surface area contributed by atoms with Gasteiger partial charge in [0.05, 0.1) is 10.6 Å². The average molecular weight is 389 g/mol. The first-order valence-corrected chi connectivity index (χ1v) is 7.27. The minimum absolute atomic E-state index is 0.0344. The predicted octanol–water partition coefficient (Wildman–Crippen LogP) is 4.79. The Balaban J connectivity index is 2.69. The lowest BCUT2D eigenvalue weighted by molar-refractivity contribution is -0.138. The number of halogens is 5. The van der Waals surface area contributed by atoms with Crippen molar-refractivity contribution in [2.24, 2.45) is 5.11 Å². The third-order valence-corrected chi connectivity index (χ3v) is 3.80. The number of azide groups is 1. The summed E-state index contributed by atoms with van der Waals surface area (Å²) in [5.74, 6) is -3.91. The fourth-order valence-corrected chi connectivity index (χ4v) is 2.48. The summed E-state index contributed by atoms with van der Waals surface area (Å²) in [7, 11) is 0. The lowest BCUT2D eigenvalue weighted by Crippen LogP contribution is -2.27. The molecule has 26 heavy (non-hydrogen) atoms. The number of alkyl halides is 3. The van der Waals surface area contributed by atoms with Gasteiger partial charge in [-0.25, -0.2) is 4.39 Å². The van der Waals surface area contributed by atoms with Crippen molar-refractivity contribution < 1.29 is 27.5 Å². The van der Waals surface area contributed by atoms with Crippen LogP contribution in [0.3, 0.4) is 0 Å². The van der Waals surface area contributed by atoms with Crippen molar-refractivity contribution in [2.45, 2.75) is 18.1 Å². The number of aromatic nitrogens is 1. The number of benzene rings is 1. The summed E-state index contributed by atoms with van der Waals surface area (Å²) in [5.41, 5.74) is 7.25. The molecule has 1 heterocycles. The second-order valence-electron chi connectivity index (χ2n) is 5.14. The van der Waals surface area contributed by atoms with E-state index in [1.54, 1.807) is 0 Å². The lowest BCUT2D eigenvalue weighted by atomic mass is 9.85. The van der Waals surface area contributed by atoms with Crippen LogP contribution in [0, 0.1) is 5.82 Å². The molecule has 0 bridgehead atoms. The van der Waals surface area contributed by atoms with E-state index >= 15 is 0 Å². The van der Waals surface area contributed by atoms with E-state index in [9.17, 15) is 27.5 Å². The molecule has 2 atom stereocenters. The Hall–Kier alpha value is -2.84. The van der Waals surface area contributed by atoms with E-state index in [1.807, 2.05) is 0 Å². The van der Waals surface area contributed by atoms with Crippen LogP contribution in [-0.2, 0) is 11.0 Å². The highest BCUT2D eigenvalue weighted by molar-refractivity contribution is 6.30. The zero-order valence-electron chi connectivity index (χ0n) is 12.7. The number of hydrogen-bond donors (Lipinski definition) is 1. The van der Waals surface area contributed by atoms with Gasteiger partial charge < -0.3 is 5.11 Å². The molecule has 2 aromatic rings. The van der Waals surface area contributed by atoms with Gasteiger partial charge in [0.15, 0.2) is 0 Å². The van der Waals surface area contributed by atoms with Crippen molar-refractivity contribution in [3.05, 3.63) is 74.6 Å². The summed E-state index contributed by atoms with van der Waals surface area (Å²) >= 11 is 5.59. The summed E-state index contributed by atoms with van der Waals surface area (Å²) in [5, 5.41) is 12.2. The summed E-state index contributed by atoms with van der Waals surface area (Å²) in [6, 6.07) is 2.07. The van der Waals surface area contributed by atoms with Gasteiger partial charge in [-0.05, 0) is 34.9 Å². The number of carbonyl (C=O) groups is 1. The van der Waals surface area contributed by atoms with Crippen LogP contribution in [0.4, 0.5) is 17.6 Å². The molecule has 0 saturated carbocycles. The van der Waals surface area contributed by atoms with E-state index in [0.717, 1.165) is 18.3 Å². The zero-order valence-corrected chi connectivity index (χ0v) is 13.4. The summed E-state index contributed by atoms with van der Waals surface area (Å²) < 4.78 is 52.6. The van der Waals surface area contributed by atoms with Gasteiger partial charge in [-0.2, -0.15) is 13.2 Å². The third kappa shape index (κ3) is 4.22. The maximum Gasteiger partial charge on any atom is 0.417 e. The molecule has 0 fully saturated rings. The summed E-state index contributed by atoms with van der Waals surface area (Å²) in [4.78, 5) is 17.4. The Morgan fingerprint density at radius 2 is 1.96 bits per heavy atom. The van der Waals surface area contributed by atoms with E-state index < -0.39 is 35.5 Å². The number of carboxylic acids is 1. The normalized spacial score (nSPS) is 13.6. The zero-order chi connectivity index (χ0) is 19.5. The quantitative estimate of drug-likeness (QED) is 0.345. The Labute approximate surface area is 148 Å².